The van der Waals surface area contributed by atoms with Gasteiger partial charge in [0.2, 0.25) is 0 Å². The monoisotopic (exact) mass is 481 g/mol. The van der Waals surface area contributed by atoms with Gasteiger partial charge in [-0.1, -0.05) is 20.3 Å². The van der Waals surface area contributed by atoms with E-state index in [1.165, 1.54) is 38.8 Å². The Morgan fingerprint density at radius 1 is 1.04 bits per heavy atom. The van der Waals surface area contributed by atoms with E-state index in [4.69, 9.17) is 4.74 Å². The lowest BCUT2D eigenvalue weighted by Gasteiger charge is -2.35. The van der Waals surface area contributed by atoms with Crippen LogP contribution in [-0.4, -0.2) is 87.9 Å². The summed E-state index contributed by atoms with van der Waals surface area (Å²) in [6, 6.07) is 0.546. The van der Waals surface area contributed by atoms with Crippen molar-refractivity contribution in [2.75, 3.05) is 66.1 Å². The van der Waals surface area contributed by atoms with Crippen molar-refractivity contribution in [1.29, 1.82) is 0 Å². The largest absolute Gasteiger partial charge is 0.379 e. The highest BCUT2D eigenvalue weighted by atomic mass is 127. The topological polar surface area (TPSA) is 52.1 Å². The summed E-state index contributed by atoms with van der Waals surface area (Å²) in [5.41, 5.74) is 0. The van der Waals surface area contributed by atoms with Crippen molar-refractivity contribution < 1.29 is 4.74 Å². The summed E-state index contributed by atoms with van der Waals surface area (Å²) >= 11 is 0. The van der Waals surface area contributed by atoms with E-state index in [0.717, 1.165) is 51.9 Å². The number of nitrogens with one attached hydrogen (secondary N) is 2. The maximum absolute atomic E-state index is 5.51. The number of hydrogen-bond acceptors (Lipinski definition) is 4. The van der Waals surface area contributed by atoms with Gasteiger partial charge in [0, 0.05) is 45.8 Å². The summed E-state index contributed by atoms with van der Waals surface area (Å²) in [4.78, 5) is 9.52. The minimum atomic E-state index is 0. The van der Waals surface area contributed by atoms with E-state index in [1.807, 2.05) is 7.05 Å². The van der Waals surface area contributed by atoms with E-state index in [0.29, 0.717) is 12.0 Å². The quantitative estimate of drug-likeness (QED) is 0.316. The van der Waals surface area contributed by atoms with E-state index in [-0.39, 0.29) is 24.0 Å². The average molecular weight is 481 g/mol. The van der Waals surface area contributed by atoms with Gasteiger partial charge >= 0.3 is 0 Å². The summed E-state index contributed by atoms with van der Waals surface area (Å²) in [6.45, 7) is 13.9. The van der Waals surface area contributed by atoms with Gasteiger partial charge in [-0.3, -0.25) is 9.89 Å². The fourth-order valence-corrected chi connectivity index (χ4v) is 3.80. The molecule has 0 bridgehead atoms. The number of rotatable bonds is 8. The first-order valence-corrected chi connectivity index (χ1v) is 10.2. The second-order valence-electron chi connectivity index (χ2n) is 7.71. The minimum Gasteiger partial charge on any atom is -0.379 e. The number of halogens is 1. The smallest absolute Gasteiger partial charge is 0.191 e. The number of guanidine groups is 1. The Morgan fingerprint density at radius 2 is 1.73 bits per heavy atom. The third-order valence-corrected chi connectivity index (χ3v) is 5.20. The van der Waals surface area contributed by atoms with E-state index in [9.17, 15) is 0 Å². The Hall–Kier alpha value is -0.120. The number of hydrogen-bond donors (Lipinski definition) is 2. The van der Waals surface area contributed by atoms with Gasteiger partial charge in [-0.2, -0.15) is 0 Å². The zero-order valence-electron chi connectivity index (χ0n) is 17.0. The van der Waals surface area contributed by atoms with Crippen molar-refractivity contribution in [2.45, 2.75) is 45.6 Å². The maximum atomic E-state index is 5.51. The van der Waals surface area contributed by atoms with Crippen molar-refractivity contribution in [3.63, 3.8) is 0 Å². The molecule has 0 aromatic heterocycles. The lowest BCUT2D eigenvalue weighted by atomic mass is 10.0. The molecular weight excluding hydrogens is 441 g/mol. The van der Waals surface area contributed by atoms with E-state index in [1.54, 1.807) is 0 Å². The maximum Gasteiger partial charge on any atom is 0.191 e. The number of nitrogens with zero attached hydrogens (tertiary/aromatic N) is 3. The van der Waals surface area contributed by atoms with Crippen LogP contribution < -0.4 is 10.6 Å². The Kier molecular flexibility index (Phi) is 12.8. The summed E-state index contributed by atoms with van der Waals surface area (Å²) in [6.07, 6.45) is 5.30. The third-order valence-electron chi connectivity index (χ3n) is 5.20. The molecule has 2 fully saturated rings. The number of likely N-dealkylation sites (tertiary alicyclic amines) is 1. The van der Waals surface area contributed by atoms with Crippen molar-refractivity contribution in [2.24, 2.45) is 10.9 Å². The predicted molar refractivity (Wildman–Crippen MR) is 121 cm³/mol. The van der Waals surface area contributed by atoms with Crippen LogP contribution in [0.3, 0.4) is 0 Å². The zero-order valence-corrected chi connectivity index (χ0v) is 19.3. The fourth-order valence-electron chi connectivity index (χ4n) is 3.80. The second-order valence-corrected chi connectivity index (χ2v) is 7.71. The number of morpholine rings is 1. The van der Waals surface area contributed by atoms with Crippen molar-refractivity contribution in [3.8, 4) is 0 Å². The van der Waals surface area contributed by atoms with E-state index >= 15 is 0 Å². The molecule has 2 saturated heterocycles. The van der Waals surface area contributed by atoms with Crippen LogP contribution in [0.4, 0.5) is 0 Å². The molecule has 1 atom stereocenters. The van der Waals surface area contributed by atoms with Gasteiger partial charge in [0.15, 0.2) is 5.96 Å². The lowest BCUT2D eigenvalue weighted by Crippen LogP contribution is -2.51. The normalized spacial score (nSPS) is 21.3. The van der Waals surface area contributed by atoms with Crippen LogP contribution >= 0.6 is 24.0 Å². The third kappa shape index (κ3) is 9.19. The lowest BCUT2D eigenvalue weighted by molar-refractivity contribution is 0.0132. The fraction of sp³-hybridized carbons (Fsp3) is 0.947. The van der Waals surface area contributed by atoms with Crippen LogP contribution in [0.2, 0.25) is 0 Å². The average Bonchev–Trinajstić information content (AvgIpc) is 2.64. The Morgan fingerprint density at radius 3 is 2.35 bits per heavy atom. The molecule has 2 N–H and O–H groups in total. The standard InChI is InChI=1S/C19H39N5O.HI/c1-17(2)15-18(24-11-13-25-14-12-24)16-22-19(20-3)21-7-10-23-8-5-4-6-9-23;/h17-18H,4-16H2,1-3H3,(H2,20,21,22);1H. The van der Waals surface area contributed by atoms with Crippen LogP contribution in [0.15, 0.2) is 4.99 Å². The molecule has 7 heteroatoms. The highest BCUT2D eigenvalue weighted by molar-refractivity contribution is 14.0. The number of piperidine rings is 1. The molecule has 2 aliphatic heterocycles. The van der Waals surface area contributed by atoms with Crippen LogP contribution in [0.5, 0.6) is 0 Å². The van der Waals surface area contributed by atoms with Gasteiger partial charge in [-0.15, -0.1) is 24.0 Å². The van der Waals surface area contributed by atoms with Gasteiger partial charge in [-0.05, 0) is 38.3 Å². The van der Waals surface area contributed by atoms with Gasteiger partial charge in [0.05, 0.1) is 13.2 Å². The van der Waals surface area contributed by atoms with Crippen LogP contribution in [0.25, 0.3) is 0 Å². The molecular formula is C19H40IN5O. The van der Waals surface area contributed by atoms with Gasteiger partial charge in [0.25, 0.3) is 0 Å². The van der Waals surface area contributed by atoms with Crippen LogP contribution in [-0.2, 0) is 4.74 Å². The summed E-state index contributed by atoms with van der Waals surface area (Å²) in [7, 11) is 1.86. The predicted octanol–water partition coefficient (Wildman–Crippen LogP) is 2.00. The molecule has 2 rings (SSSR count). The molecule has 1 unspecified atom stereocenters. The molecule has 154 valence electrons. The highest BCUT2D eigenvalue weighted by Crippen LogP contribution is 2.13. The van der Waals surface area contributed by atoms with Gasteiger partial charge < -0.3 is 20.3 Å². The zero-order chi connectivity index (χ0) is 17.9. The number of aliphatic imine (C=N–C) groups is 1. The van der Waals surface area contributed by atoms with Crippen LogP contribution in [0, 0.1) is 5.92 Å². The Balaban J connectivity index is 0.00000338. The highest BCUT2D eigenvalue weighted by Gasteiger charge is 2.22. The molecule has 2 aliphatic rings. The second kappa shape index (κ2) is 14.0. The minimum absolute atomic E-state index is 0. The van der Waals surface area contributed by atoms with Crippen molar-refractivity contribution in [3.05, 3.63) is 0 Å². The molecule has 0 aromatic rings. The molecule has 2 heterocycles. The molecule has 0 radical (unpaired) electrons. The Bertz CT molecular complexity index is 382. The SMILES string of the molecule is CN=C(NCCN1CCCCC1)NCC(CC(C)C)N1CCOCC1.I. The number of ether oxygens (including phenoxy) is 1. The molecule has 6 nitrogen and oxygen atoms in total. The van der Waals surface area contributed by atoms with E-state index in [2.05, 4.69) is 39.3 Å². The first-order valence-electron chi connectivity index (χ1n) is 10.2. The van der Waals surface area contributed by atoms with E-state index < -0.39 is 0 Å². The van der Waals surface area contributed by atoms with Gasteiger partial charge in [-0.25, -0.2) is 0 Å². The molecule has 0 amide bonds. The molecule has 0 aromatic carbocycles. The first kappa shape index (κ1) is 23.9. The molecule has 0 spiro atoms. The molecule has 0 saturated carbocycles. The summed E-state index contributed by atoms with van der Waals surface area (Å²) in [5.74, 6) is 1.63. The first-order chi connectivity index (χ1) is 12.2. The molecule has 26 heavy (non-hydrogen) atoms. The Labute approximate surface area is 177 Å². The summed E-state index contributed by atoms with van der Waals surface area (Å²) in [5, 5.41) is 7.03. The van der Waals surface area contributed by atoms with Gasteiger partial charge in [0.1, 0.15) is 0 Å². The van der Waals surface area contributed by atoms with Crippen LogP contribution in [0.1, 0.15) is 39.5 Å². The summed E-state index contributed by atoms with van der Waals surface area (Å²) < 4.78 is 5.51. The van der Waals surface area contributed by atoms with Crippen molar-refractivity contribution >= 4 is 29.9 Å². The van der Waals surface area contributed by atoms with Crippen molar-refractivity contribution in [1.82, 2.24) is 20.4 Å². The molecule has 0 aliphatic carbocycles.